The molecule has 4 nitrogen and oxygen atoms in total. The summed E-state index contributed by atoms with van der Waals surface area (Å²) in [6, 6.07) is 7.36. The molecule has 106 valence electrons. The van der Waals surface area contributed by atoms with Crippen molar-refractivity contribution in [2.75, 3.05) is 40.0 Å². The first-order chi connectivity index (χ1) is 9.17. The van der Waals surface area contributed by atoms with Gasteiger partial charge in [0, 0.05) is 43.2 Å². The summed E-state index contributed by atoms with van der Waals surface area (Å²) in [5.41, 5.74) is 0.721. The van der Waals surface area contributed by atoms with Gasteiger partial charge in [-0.15, -0.1) is 0 Å². The van der Waals surface area contributed by atoms with Crippen molar-refractivity contribution in [3.05, 3.63) is 34.3 Å². The number of carbonyl (C=O) groups excluding carboxylic acids is 1. The quantitative estimate of drug-likeness (QED) is 0.704. The predicted octanol–water partition coefficient (Wildman–Crippen LogP) is 1.96. The summed E-state index contributed by atoms with van der Waals surface area (Å²) in [6.45, 7) is 2.63. The third-order valence-electron chi connectivity index (χ3n) is 2.85. The maximum absolute atomic E-state index is 12.0. The first-order valence-electron chi connectivity index (χ1n) is 6.28. The number of Topliss-reactive ketones (excluding diaryl/α,β-unsaturated/α-hetero) is 1. The lowest BCUT2D eigenvalue weighted by Gasteiger charge is -2.20. The van der Waals surface area contributed by atoms with E-state index < -0.39 is 0 Å². The van der Waals surface area contributed by atoms with Gasteiger partial charge in [0.1, 0.15) is 0 Å². The van der Waals surface area contributed by atoms with Crippen LogP contribution in [-0.2, 0) is 4.74 Å². The van der Waals surface area contributed by atoms with Gasteiger partial charge < -0.3 is 9.84 Å². The molecule has 1 aromatic carbocycles. The Labute approximate surface area is 122 Å². The van der Waals surface area contributed by atoms with Crippen molar-refractivity contribution in [2.24, 2.45) is 0 Å². The molecule has 0 aliphatic heterocycles. The second kappa shape index (κ2) is 9.20. The first kappa shape index (κ1) is 16.3. The van der Waals surface area contributed by atoms with E-state index in [9.17, 15) is 4.79 Å². The standard InChI is InChI=1S/C14H20BrNO3/c1-19-11-9-16(8-10-17)7-6-14(18)12-2-4-13(15)5-3-12/h2-5,17H,6-11H2,1H3. The summed E-state index contributed by atoms with van der Waals surface area (Å²) < 4.78 is 5.97. The van der Waals surface area contributed by atoms with Gasteiger partial charge in [0.05, 0.1) is 13.2 Å². The van der Waals surface area contributed by atoms with E-state index in [0.717, 1.165) is 16.6 Å². The minimum Gasteiger partial charge on any atom is -0.395 e. The lowest BCUT2D eigenvalue weighted by molar-refractivity contribution is 0.0933. The maximum Gasteiger partial charge on any atom is 0.164 e. The summed E-state index contributed by atoms with van der Waals surface area (Å²) in [6.07, 6.45) is 0.450. The average Bonchev–Trinajstić information content (AvgIpc) is 2.42. The fourth-order valence-electron chi connectivity index (χ4n) is 1.74. The number of nitrogens with zero attached hydrogens (tertiary/aromatic N) is 1. The fraction of sp³-hybridized carbons (Fsp3) is 0.500. The number of methoxy groups -OCH3 is 1. The van der Waals surface area contributed by atoms with E-state index in [4.69, 9.17) is 9.84 Å². The van der Waals surface area contributed by atoms with Crippen molar-refractivity contribution < 1.29 is 14.6 Å². The zero-order valence-corrected chi connectivity index (χ0v) is 12.7. The Morgan fingerprint density at radius 3 is 2.53 bits per heavy atom. The van der Waals surface area contributed by atoms with E-state index in [-0.39, 0.29) is 12.4 Å². The van der Waals surface area contributed by atoms with Crippen LogP contribution in [0.15, 0.2) is 28.7 Å². The van der Waals surface area contributed by atoms with Crippen LogP contribution in [-0.4, -0.2) is 55.7 Å². The Morgan fingerprint density at radius 2 is 1.95 bits per heavy atom. The Balaban J connectivity index is 2.44. The van der Waals surface area contributed by atoms with E-state index in [2.05, 4.69) is 15.9 Å². The van der Waals surface area contributed by atoms with Crippen LogP contribution in [0.3, 0.4) is 0 Å². The number of ketones is 1. The minimum absolute atomic E-state index is 0.0934. The van der Waals surface area contributed by atoms with E-state index in [1.807, 2.05) is 29.2 Å². The van der Waals surface area contributed by atoms with Crippen LogP contribution < -0.4 is 0 Å². The molecule has 0 unspecified atom stereocenters. The van der Waals surface area contributed by atoms with Gasteiger partial charge in [0.25, 0.3) is 0 Å². The maximum atomic E-state index is 12.0. The third kappa shape index (κ3) is 6.29. The lowest BCUT2D eigenvalue weighted by atomic mass is 10.1. The number of ether oxygens (including phenoxy) is 1. The highest BCUT2D eigenvalue weighted by molar-refractivity contribution is 9.10. The van der Waals surface area contributed by atoms with Gasteiger partial charge in [0.2, 0.25) is 0 Å². The predicted molar refractivity (Wildman–Crippen MR) is 78.5 cm³/mol. The molecule has 1 aromatic rings. The fourth-order valence-corrected chi connectivity index (χ4v) is 2.00. The largest absolute Gasteiger partial charge is 0.395 e. The molecule has 0 saturated carbocycles. The first-order valence-corrected chi connectivity index (χ1v) is 7.07. The molecule has 0 fully saturated rings. The highest BCUT2D eigenvalue weighted by atomic mass is 79.9. The molecule has 0 heterocycles. The Kier molecular flexibility index (Phi) is 7.90. The Bertz CT molecular complexity index is 381. The molecule has 19 heavy (non-hydrogen) atoms. The molecule has 1 N–H and O–H groups in total. The topological polar surface area (TPSA) is 49.8 Å². The van der Waals surface area contributed by atoms with Crippen molar-refractivity contribution in [3.63, 3.8) is 0 Å². The van der Waals surface area contributed by atoms with Crippen LogP contribution in [0.2, 0.25) is 0 Å². The van der Waals surface area contributed by atoms with Crippen LogP contribution in [0.25, 0.3) is 0 Å². The van der Waals surface area contributed by atoms with Crippen molar-refractivity contribution >= 4 is 21.7 Å². The average molecular weight is 330 g/mol. The van der Waals surface area contributed by atoms with Crippen molar-refractivity contribution in [2.45, 2.75) is 6.42 Å². The van der Waals surface area contributed by atoms with E-state index in [1.165, 1.54) is 0 Å². The normalized spacial score (nSPS) is 10.9. The lowest BCUT2D eigenvalue weighted by Crippen LogP contribution is -2.32. The van der Waals surface area contributed by atoms with Gasteiger partial charge in [-0.3, -0.25) is 9.69 Å². The number of hydrogen-bond donors (Lipinski definition) is 1. The molecule has 0 spiro atoms. The molecule has 0 saturated heterocycles. The van der Waals surface area contributed by atoms with Gasteiger partial charge >= 0.3 is 0 Å². The highest BCUT2D eigenvalue weighted by Crippen LogP contribution is 2.12. The number of halogens is 1. The molecule has 0 bridgehead atoms. The van der Waals surface area contributed by atoms with Gasteiger partial charge in [-0.1, -0.05) is 28.1 Å². The van der Waals surface area contributed by atoms with Crippen LogP contribution in [0.5, 0.6) is 0 Å². The van der Waals surface area contributed by atoms with Crippen molar-refractivity contribution in [1.29, 1.82) is 0 Å². The van der Waals surface area contributed by atoms with Gasteiger partial charge in [-0.05, 0) is 12.1 Å². The molecule has 5 heteroatoms. The molecule has 0 atom stereocenters. The van der Waals surface area contributed by atoms with E-state index in [0.29, 0.717) is 26.1 Å². The van der Waals surface area contributed by atoms with E-state index in [1.54, 1.807) is 7.11 Å². The molecular weight excluding hydrogens is 310 g/mol. The van der Waals surface area contributed by atoms with E-state index >= 15 is 0 Å². The summed E-state index contributed by atoms with van der Waals surface area (Å²) >= 11 is 3.34. The molecular formula is C14H20BrNO3. The van der Waals surface area contributed by atoms with Gasteiger partial charge in [-0.2, -0.15) is 0 Å². The minimum atomic E-state index is 0.0934. The molecule has 0 aliphatic carbocycles. The van der Waals surface area contributed by atoms with Crippen LogP contribution in [0.1, 0.15) is 16.8 Å². The number of aliphatic hydroxyl groups is 1. The smallest absolute Gasteiger partial charge is 0.164 e. The Hall–Kier alpha value is -0.750. The third-order valence-corrected chi connectivity index (χ3v) is 3.38. The molecule has 0 aliphatic rings. The molecule has 0 radical (unpaired) electrons. The number of benzene rings is 1. The van der Waals surface area contributed by atoms with Crippen molar-refractivity contribution in [1.82, 2.24) is 4.90 Å². The summed E-state index contributed by atoms with van der Waals surface area (Å²) in [5.74, 6) is 0.118. The van der Waals surface area contributed by atoms with Crippen LogP contribution >= 0.6 is 15.9 Å². The van der Waals surface area contributed by atoms with Crippen molar-refractivity contribution in [3.8, 4) is 0 Å². The summed E-state index contributed by atoms with van der Waals surface area (Å²) in [7, 11) is 1.64. The molecule has 0 aromatic heterocycles. The molecule has 1 rings (SSSR count). The van der Waals surface area contributed by atoms with Gasteiger partial charge in [-0.25, -0.2) is 0 Å². The number of carbonyl (C=O) groups is 1. The zero-order valence-electron chi connectivity index (χ0n) is 11.1. The molecule has 0 amide bonds. The SMILES string of the molecule is COCCN(CCO)CCC(=O)c1ccc(Br)cc1. The number of hydrogen-bond acceptors (Lipinski definition) is 4. The number of aliphatic hydroxyl groups excluding tert-OH is 1. The van der Waals surface area contributed by atoms with Gasteiger partial charge in [0.15, 0.2) is 5.78 Å². The summed E-state index contributed by atoms with van der Waals surface area (Å²) in [5, 5.41) is 8.98. The Morgan fingerprint density at radius 1 is 1.26 bits per heavy atom. The van der Waals surface area contributed by atoms with Crippen LogP contribution in [0, 0.1) is 0 Å². The highest BCUT2D eigenvalue weighted by Gasteiger charge is 2.09. The second-order valence-electron chi connectivity index (χ2n) is 4.24. The second-order valence-corrected chi connectivity index (χ2v) is 5.15. The number of rotatable bonds is 9. The monoisotopic (exact) mass is 329 g/mol. The zero-order chi connectivity index (χ0) is 14.1. The summed E-state index contributed by atoms with van der Waals surface area (Å²) in [4.78, 5) is 14.0. The van der Waals surface area contributed by atoms with Crippen LogP contribution in [0.4, 0.5) is 0 Å².